The van der Waals surface area contributed by atoms with Gasteiger partial charge in [-0.3, -0.25) is 19.8 Å². The van der Waals surface area contributed by atoms with Gasteiger partial charge in [-0.15, -0.1) is 0 Å². The molecule has 0 aliphatic carbocycles. The minimum atomic E-state index is -0.118. The number of rotatable bonds is 8. The minimum absolute atomic E-state index is 0.0859. The molecular formula is C23H27N5O3. The Morgan fingerprint density at radius 1 is 1.06 bits per heavy atom. The van der Waals surface area contributed by atoms with E-state index in [0.29, 0.717) is 39.3 Å². The summed E-state index contributed by atoms with van der Waals surface area (Å²) in [7, 11) is 1.64. The molecule has 1 saturated heterocycles. The van der Waals surface area contributed by atoms with E-state index >= 15 is 0 Å². The van der Waals surface area contributed by atoms with Crippen LogP contribution in [-0.2, 0) is 29.2 Å². The monoisotopic (exact) mass is 421 g/mol. The summed E-state index contributed by atoms with van der Waals surface area (Å²) in [6, 6.07) is 13.6. The molecule has 1 N–H and O–H groups in total. The number of aromatic amines is 1. The fraction of sp³-hybridized carbons (Fsp3) is 0.348. The molecule has 1 atom stereocenters. The first-order chi connectivity index (χ1) is 15.2. The second kappa shape index (κ2) is 10.2. The average Bonchev–Trinajstić information content (AvgIpc) is 3.26. The highest BCUT2D eigenvalue weighted by atomic mass is 16.5. The summed E-state index contributed by atoms with van der Waals surface area (Å²) >= 11 is 0. The van der Waals surface area contributed by atoms with Gasteiger partial charge in [0.05, 0.1) is 26.4 Å². The van der Waals surface area contributed by atoms with Gasteiger partial charge in [0, 0.05) is 50.5 Å². The van der Waals surface area contributed by atoms with Crippen LogP contribution in [0.15, 0.2) is 61.1 Å². The fourth-order valence-corrected chi connectivity index (χ4v) is 3.69. The van der Waals surface area contributed by atoms with Crippen molar-refractivity contribution >= 4 is 5.91 Å². The van der Waals surface area contributed by atoms with Gasteiger partial charge in [0.15, 0.2) is 0 Å². The van der Waals surface area contributed by atoms with Crippen molar-refractivity contribution in [3.05, 3.63) is 77.9 Å². The number of carbonyl (C=O) groups excluding carboxylic acids is 1. The lowest BCUT2D eigenvalue weighted by molar-refractivity contribution is -0.132. The highest BCUT2D eigenvalue weighted by molar-refractivity contribution is 5.78. The van der Waals surface area contributed by atoms with Crippen molar-refractivity contribution in [2.45, 2.75) is 25.8 Å². The third-order valence-corrected chi connectivity index (χ3v) is 5.29. The van der Waals surface area contributed by atoms with Crippen LogP contribution in [0.25, 0.3) is 0 Å². The van der Waals surface area contributed by atoms with Crippen molar-refractivity contribution in [2.24, 2.45) is 0 Å². The van der Waals surface area contributed by atoms with Crippen molar-refractivity contribution in [1.29, 1.82) is 0 Å². The Kier molecular flexibility index (Phi) is 6.91. The largest absolute Gasteiger partial charge is 0.497 e. The lowest BCUT2D eigenvalue weighted by atomic mass is 10.2. The molecule has 1 aliphatic rings. The van der Waals surface area contributed by atoms with E-state index < -0.39 is 0 Å². The van der Waals surface area contributed by atoms with Crippen LogP contribution in [0.2, 0.25) is 0 Å². The third-order valence-electron chi connectivity index (χ3n) is 5.29. The molecular weight excluding hydrogens is 394 g/mol. The Morgan fingerprint density at radius 3 is 2.65 bits per heavy atom. The van der Waals surface area contributed by atoms with Gasteiger partial charge in [0.1, 0.15) is 5.75 Å². The van der Waals surface area contributed by atoms with Gasteiger partial charge in [-0.2, -0.15) is 5.10 Å². The molecule has 162 valence electrons. The normalized spacial score (nSPS) is 17.5. The van der Waals surface area contributed by atoms with Crippen LogP contribution in [0.3, 0.4) is 0 Å². The first kappa shape index (κ1) is 21.0. The first-order valence-corrected chi connectivity index (χ1v) is 10.3. The first-order valence-electron chi connectivity index (χ1n) is 10.3. The van der Waals surface area contributed by atoms with Gasteiger partial charge in [0.2, 0.25) is 5.91 Å². The van der Waals surface area contributed by atoms with Crippen LogP contribution >= 0.6 is 0 Å². The van der Waals surface area contributed by atoms with Crippen LogP contribution in [0, 0.1) is 0 Å². The van der Waals surface area contributed by atoms with Crippen LogP contribution < -0.4 is 4.74 Å². The second-order valence-electron chi connectivity index (χ2n) is 7.67. The number of nitrogens with one attached hydrogen (secondary N) is 1. The number of benzene rings is 1. The average molecular weight is 422 g/mol. The molecule has 31 heavy (non-hydrogen) atoms. The number of ether oxygens (including phenoxy) is 2. The molecule has 0 saturated carbocycles. The lowest BCUT2D eigenvalue weighted by Crippen LogP contribution is -2.37. The molecule has 3 aromatic rings. The number of carbonyl (C=O) groups is 1. The van der Waals surface area contributed by atoms with E-state index in [-0.39, 0.29) is 12.0 Å². The molecule has 0 spiro atoms. The topological polar surface area (TPSA) is 83.6 Å². The summed E-state index contributed by atoms with van der Waals surface area (Å²) in [6.07, 6.45) is 5.16. The zero-order valence-corrected chi connectivity index (χ0v) is 17.6. The van der Waals surface area contributed by atoms with E-state index in [1.807, 2.05) is 47.4 Å². The Hall–Kier alpha value is -3.23. The molecule has 1 aromatic carbocycles. The number of methoxy groups -OCH3 is 1. The second-order valence-corrected chi connectivity index (χ2v) is 7.67. The zero-order valence-electron chi connectivity index (χ0n) is 17.6. The maximum Gasteiger partial charge on any atom is 0.237 e. The smallest absolute Gasteiger partial charge is 0.237 e. The molecule has 3 heterocycles. The minimum Gasteiger partial charge on any atom is -0.497 e. The van der Waals surface area contributed by atoms with Gasteiger partial charge in [-0.1, -0.05) is 18.2 Å². The molecule has 8 heteroatoms. The quantitative estimate of drug-likeness (QED) is 0.601. The van der Waals surface area contributed by atoms with Gasteiger partial charge in [0.25, 0.3) is 0 Å². The predicted octanol–water partition coefficient (Wildman–Crippen LogP) is 2.24. The lowest BCUT2D eigenvalue weighted by Gasteiger charge is -2.25. The zero-order chi connectivity index (χ0) is 21.5. The fourth-order valence-electron chi connectivity index (χ4n) is 3.69. The van der Waals surface area contributed by atoms with Crippen LogP contribution in [0.1, 0.15) is 16.8 Å². The van der Waals surface area contributed by atoms with E-state index in [2.05, 4.69) is 20.1 Å². The molecule has 0 bridgehead atoms. The molecule has 2 aromatic heterocycles. The van der Waals surface area contributed by atoms with Gasteiger partial charge in [-0.05, 0) is 35.4 Å². The Morgan fingerprint density at radius 2 is 1.94 bits per heavy atom. The summed E-state index contributed by atoms with van der Waals surface area (Å²) in [6.45, 7) is 3.14. The highest BCUT2D eigenvalue weighted by Crippen LogP contribution is 2.17. The van der Waals surface area contributed by atoms with Gasteiger partial charge < -0.3 is 14.4 Å². The summed E-state index contributed by atoms with van der Waals surface area (Å²) in [4.78, 5) is 21.2. The Bertz CT molecular complexity index is 947. The molecule has 4 rings (SSSR count). The van der Waals surface area contributed by atoms with Crippen LogP contribution in [0.4, 0.5) is 0 Å². The Labute approximate surface area is 181 Å². The number of hydrogen-bond acceptors (Lipinski definition) is 6. The number of amides is 1. The van der Waals surface area contributed by atoms with E-state index in [4.69, 9.17) is 9.47 Å². The molecule has 1 aliphatic heterocycles. The highest BCUT2D eigenvalue weighted by Gasteiger charge is 2.28. The molecule has 1 fully saturated rings. The molecule has 1 amide bonds. The van der Waals surface area contributed by atoms with E-state index in [9.17, 15) is 4.79 Å². The summed E-state index contributed by atoms with van der Waals surface area (Å²) in [5.74, 6) is 0.886. The van der Waals surface area contributed by atoms with Crippen molar-refractivity contribution < 1.29 is 14.3 Å². The van der Waals surface area contributed by atoms with Crippen molar-refractivity contribution in [3.63, 3.8) is 0 Å². The molecule has 1 unspecified atom stereocenters. The van der Waals surface area contributed by atoms with Crippen molar-refractivity contribution in [3.8, 4) is 5.75 Å². The van der Waals surface area contributed by atoms with Gasteiger partial charge >= 0.3 is 0 Å². The maximum atomic E-state index is 13.1. The predicted molar refractivity (Wildman–Crippen MR) is 115 cm³/mol. The number of nitrogens with zero attached hydrogens (tertiary/aromatic N) is 4. The summed E-state index contributed by atoms with van der Waals surface area (Å²) in [5.41, 5.74) is 3.05. The van der Waals surface area contributed by atoms with Crippen molar-refractivity contribution in [2.75, 3.05) is 26.7 Å². The van der Waals surface area contributed by atoms with E-state index in [0.717, 1.165) is 22.6 Å². The van der Waals surface area contributed by atoms with E-state index in [1.54, 1.807) is 25.7 Å². The van der Waals surface area contributed by atoms with E-state index in [1.165, 1.54) is 0 Å². The number of hydrogen-bond donors (Lipinski definition) is 1. The van der Waals surface area contributed by atoms with Crippen LogP contribution in [-0.4, -0.2) is 63.7 Å². The Balaban J connectivity index is 1.47. The number of pyridine rings is 1. The third kappa shape index (κ3) is 5.90. The maximum absolute atomic E-state index is 13.1. The SMILES string of the molecule is COc1ccc(CN2CC(OCc3cccnc3)CN(Cc3ccn[nH]3)CC2=O)cc1. The number of H-pyrrole nitrogens is 1. The molecule has 8 nitrogen and oxygen atoms in total. The number of aromatic nitrogens is 3. The van der Waals surface area contributed by atoms with Gasteiger partial charge in [-0.25, -0.2) is 0 Å². The standard InChI is InChI=1S/C23H27N5O3/c1-30-21-6-4-18(5-7-21)12-28-15-22(31-17-19-3-2-9-24-11-19)14-27(16-23(28)29)13-20-8-10-25-26-20/h2-11,22H,12-17H2,1H3,(H,25,26). The summed E-state index contributed by atoms with van der Waals surface area (Å²) in [5, 5.41) is 6.99. The summed E-state index contributed by atoms with van der Waals surface area (Å²) < 4.78 is 11.5. The van der Waals surface area contributed by atoms with Crippen molar-refractivity contribution in [1.82, 2.24) is 25.0 Å². The van der Waals surface area contributed by atoms with Crippen LogP contribution in [0.5, 0.6) is 5.75 Å². The molecule has 0 radical (unpaired) electrons.